The second-order valence-corrected chi connectivity index (χ2v) is 6.48. The van der Waals surface area contributed by atoms with Crippen LogP contribution in [-0.2, 0) is 14.4 Å². The molecular weight excluding hydrogens is 316 g/mol. The van der Waals surface area contributed by atoms with Gasteiger partial charge in [-0.15, -0.1) is 11.8 Å². The average molecular weight is 336 g/mol. The summed E-state index contributed by atoms with van der Waals surface area (Å²) in [5.74, 6) is -1.08. The first-order chi connectivity index (χ1) is 11.0. The maximum atomic E-state index is 12.0. The van der Waals surface area contributed by atoms with Crippen molar-refractivity contribution in [1.29, 1.82) is 0 Å². The monoisotopic (exact) mass is 336 g/mol. The molecular formula is C16H20N2O4S. The molecule has 1 aliphatic heterocycles. The molecule has 1 aliphatic rings. The van der Waals surface area contributed by atoms with E-state index in [0.29, 0.717) is 19.4 Å². The van der Waals surface area contributed by atoms with Gasteiger partial charge < -0.3 is 15.3 Å². The SMILES string of the molecule is Cc1ccc(NC(=O)CSCC(=O)N2CCC[C@H]2C(=O)O)cc1. The number of amides is 2. The summed E-state index contributed by atoms with van der Waals surface area (Å²) in [6.07, 6.45) is 1.21. The van der Waals surface area contributed by atoms with E-state index >= 15 is 0 Å². The van der Waals surface area contributed by atoms with E-state index in [4.69, 9.17) is 5.11 Å². The van der Waals surface area contributed by atoms with Gasteiger partial charge in [0.15, 0.2) is 0 Å². The zero-order valence-corrected chi connectivity index (χ0v) is 13.8. The fourth-order valence-corrected chi connectivity index (χ4v) is 3.17. The van der Waals surface area contributed by atoms with Crippen molar-refractivity contribution in [3.8, 4) is 0 Å². The van der Waals surface area contributed by atoms with Gasteiger partial charge in [0, 0.05) is 12.2 Å². The van der Waals surface area contributed by atoms with E-state index in [0.717, 1.165) is 11.3 Å². The molecule has 1 atom stereocenters. The summed E-state index contributed by atoms with van der Waals surface area (Å²) in [7, 11) is 0. The molecule has 0 unspecified atom stereocenters. The number of carboxylic acids is 1. The fraction of sp³-hybridized carbons (Fsp3) is 0.438. The van der Waals surface area contributed by atoms with Crippen LogP contribution in [0.4, 0.5) is 5.69 Å². The minimum Gasteiger partial charge on any atom is -0.480 e. The first-order valence-corrected chi connectivity index (χ1v) is 8.59. The summed E-state index contributed by atoms with van der Waals surface area (Å²) < 4.78 is 0. The number of aliphatic carboxylic acids is 1. The van der Waals surface area contributed by atoms with Crippen LogP contribution in [0.15, 0.2) is 24.3 Å². The first-order valence-electron chi connectivity index (χ1n) is 7.44. The van der Waals surface area contributed by atoms with Crippen molar-refractivity contribution in [2.24, 2.45) is 0 Å². The number of thioether (sulfide) groups is 1. The Bertz CT molecular complexity index is 588. The number of carbonyl (C=O) groups excluding carboxylic acids is 2. The van der Waals surface area contributed by atoms with Crippen molar-refractivity contribution in [1.82, 2.24) is 4.90 Å². The Kier molecular flexibility index (Phi) is 6.04. The third-order valence-corrected chi connectivity index (χ3v) is 4.57. The number of carboxylic acid groups (broad SMARTS) is 1. The van der Waals surface area contributed by atoms with Crippen LogP contribution in [0.1, 0.15) is 18.4 Å². The number of hydrogen-bond donors (Lipinski definition) is 2. The lowest BCUT2D eigenvalue weighted by Crippen LogP contribution is -2.41. The van der Waals surface area contributed by atoms with E-state index in [1.54, 1.807) is 0 Å². The van der Waals surface area contributed by atoms with Crippen LogP contribution in [0.5, 0.6) is 0 Å². The highest BCUT2D eigenvalue weighted by molar-refractivity contribution is 8.00. The van der Waals surface area contributed by atoms with Crippen LogP contribution < -0.4 is 5.32 Å². The van der Waals surface area contributed by atoms with Crippen molar-refractivity contribution in [3.05, 3.63) is 29.8 Å². The van der Waals surface area contributed by atoms with E-state index in [9.17, 15) is 14.4 Å². The van der Waals surface area contributed by atoms with E-state index < -0.39 is 12.0 Å². The third-order valence-electron chi connectivity index (χ3n) is 3.65. The summed E-state index contributed by atoms with van der Waals surface area (Å²) in [6.45, 7) is 2.45. The molecule has 1 saturated heterocycles. The van der Waals surface area contributed by atoms with Crippen molar-refractivity contribution >= 4 is 35.2 Å². The van der Waals surface area contributed by atoms with Crippen LogP contribution in [0, 0.1) is 6.92 Å². The average Bonchev–Trinajstić information content (AvgIpc) is 2.99. The van der Waals surface area contributed by atoms with Gasteiger partial charge in [0.05, 0.1) is 11.5 Å². The molecule has 0 bridgehead atoms. The molecule has 0 radical (unpaired) electrons. The summed E-state index contributed by atoms with van der Waals surface area (Å²) in [4.78, 5) is 36.3. The van der Waals surface area contributed by atoms with Crippen molar-refractivity contribution in [3.63, 3.8) is 0 Å². The molecule has 23 heavy (non-hydrogen) atoms. The maximum absolute atomic E-state index is 12.0. The van der Waals surface area contributed by atoms with Crippen molar-refractivity contribution < 1.29 is 19.5 Å². The molecule has 0 aliphatic carbocycles. The van der Waals surface area contributed by atoms with Crippen LogP contribution in [0.25, 0.3) is 0 Å². The van der Waals surface area contributed by atoms with Gasteiger partial charge in [0.25, 0.3) is 0 Å². The van der Waals surface area contributed by atoms with E-state index in [2.05, 4.69) is 5.32 Å². The number of carbonyl (C=O) groups is 3. The van der Waals surface area contributed by atoms with Crippen LogP contribution in [-0.4, -0.2) is 51.9 Å². The second kappa shape index (κ2) is 8.01. The Morgan fingerprint density at radius 3 is 2.61 bits per heavy atom. The molecule has 7 heteroatoms. The molecule has 0 spiro atoms. The van der Waals surface area contributed by atoms with Gasteiger partial charge in [-0.25, -0.2) is 4.79 Å². The number of likely N-dealkylation sites (tertiary alicyclic amines) is 1. The number of aryl methyl sites for hydroxylation is 1. The lowest BCUT2D eigenvalue weighted by atomic mass is 10.2. The molecule has 1 heterocycles. The zero-order valence-electron chi connectivity index (χ0n) is 12.9. The Morgan fingerprint density at radius 2 is 1.96 bits per heavy atom. The molecule has 0 saturated carbocycles. The fourth-order valence-electron chi connectivity index (χ4n) is 2.47. The highest BCUT2D eigenvalue weighted by Crippen LogP contribution is 2.19. The maximum Gasteiger partial charge on any atom is 0.326 e. The summed E-state index contributed by atoms with van der Waals surface area (Å²) in [6, 6.07) is 6.75. The molecule has 6 nitrogen and oxygen atoms in total. The Morgan fingerprint density at radius 1 is 1.26 bits per heavy atom. The van der Waals surface area contributed by atoms with Gasteiger partial charge >= 0.3 is 5.97 Å². The number of hydrogen-bond acceptors (Lipinski definition) is 4. The Balaban J connectivity index is 1.73. The molecule has 1 fully saturated rings. The predicted molar refractivity (Wildman–Crippen MR) is 89.5 cm³/mol. The Labute approximate surface area is 139 Å². The highest BCUT2D eigenvalue weighted by Gasteiger charge is 2.33. The first kappa shape index (κ1) is 17.3. The van der Waals surface area contributed by atoms with Crippen LogP contribution in [0.3, 0.4) is 0 Å². The number of anilines is 1. The molecule has 2 N–H and O–H groups in total. The summed E-state index contributed by atoms with van der Waals surface area (Å²) in [5.41, 5.74) is 1.83. The molecule has 0 aromatic heterocycles. The number of nitrogens with one attached hydrogen (secondary N) is 1. The van der Waals surface area contributed by atoms with E-state index in [-0.39, 0.29) is 23.3 Å². The summed E-state index contributed by atoms with van der Waals surface area (Å²) in [5, 5.41) is 11.8. The van der Waals surface area contributed by atoms with Crippen molar-refractivity contribution in [2.45, 2.75) is 25.8 Å². The number of benzene rings is 1. The van der Waals surface area contributed by atoms with Crippen molar-refractivity contribution in [2.75, 3.05) is 23.4 Å². The largest absolute Gasteiger partial charge is 0.480 e. The molecule has 124 valence electrons. The molecule has 2 amide bonds. The van der Waals surface area contributed by atoms with Gasteiger partial charge in [-0.2, -0.15) is 0 Å². The van der Waals surface area contributed by atoms with Gasteiger partial charge in [-0.05, 0) is 31.9 Å². The lowest BCUT2D eigenvalue weighted by molar-refractivity contribution is -0.147. The topological polar surface area (TPSA) is 86.7 Å². The quantitative estimate of drug-likeness (QED) is 0.826. The van der Waals surface area contributed by atoms with Crippen LogP contribution >= 0.6 is 11.8 Å². The zero-order chi connectivity index (χ0) is 16.8. The Hall–Kier alpha value is -2.02. The molecule has 2 rings (SSSR count). The van der Waals surface area contributed by atoms with Gasteiger partial charge in [-0.1, -0.05) is 17.7 Å². The lowest BCUT2D eigenvalue weighted by Gasteiger charge is -2.21. The molecule has 1 aromatic carbocycles. The van der Waals surface area contributed by atoms with E-state index in [1.165, 1.54) is 16.7 Å². The second-order valence-electron chi connectivity index (χ2n) is 5.49. The van der Waals surface area contributed by atoms with E-state index in [1.807, 2.05) is 31.2 Å². The van der Waals surface area contributed by atoms with Gasteiger partial charge in [-0.3, -0.25) is 9.59 Å². The molecule has 1 aromatic rings. The third kappa shape index (κ3) is 4.99. The minimum absolute atomic E-state index is 0.116. The number of nitrogens with zero attached hydrogens (tertiary/aromatic N) is 1. The van der Waals surface area contributed by atoms with Gasteiger partial charge in [0.1, 0.15) is 6.04 Å². The normalized spacial score (nSPS) is 17.1. The smallest absolute Gasteiger partial charge is 0.326 e. The standard InChI is InChI=1S/C16H20N2O4S/c1-11-4-6-12(7-5-11)17-14(19)9-23-10-15(20)18-8-2-3-13(18)16(21)22/h4-7,13H,2-3,8-10H2,1H3,(H,17,19)(H,21,22)/t13-/m0/s1. The summed E-state index contributed by atoms with van der Waals surface area (Å²) >= 11 is 1.20. The van der Waals surface area contributed by atoms with Gasteiger partial charge in [0.2, 0.25) is 11.8 Å². The predicted octanol–water partition coefficient (Wildman–Crippen LogP) is 1.74. The minimum atomic E-state index is -0.960. The number of rotatable bonds is 6. The van der Waals surface area contributed by atoms with Crippen LogP contribution in [0.2, 0.25) is 0 Å². The highest BCUT2D eigenvalue weighted by atomic mass is 32.2.